The maximum atomic E-state index is 5.37. The zero-order chi connectivity index (χ0) is 14.6. The predicted octanol–water partition coefficient (Wildman–Crippen LogP) is 2.25. The fraction of sp³-hybridized carbons (Fsp3) is 0.800. The normalized spacial score (nSPS) is 19.2. The zero-order valence-corrected chi connectivity index (χ0v) is 13.9. The smallest absolute Gasteiger partial charge is 0.0982 e. The van der Waals surface area contributed by atoms with Gasteiger partial charge in [-0.1, -0.05) is 20.8 Å². The Morgan fingerprint density at radius 2 is 2.10 bits per heavy atom. The van der Waals surface area contributed by atoms with E-state index in [0.717, 1.165) is 45.1 Å². The molecule has 0 spiro atoms. The second-order valence-corrected chi connectivity index (χ2v) is 7.45. The molecule has 1 fully saturated rings. The third-order valence-corrected chi connectivity index (χ3v) is 4.78. The van der Waals surface area contributed by atoms with Gasteiger partial charge >= 0.3 is 0 Å². The SMILES string of the molecule is CC(CN1CCOCC1)NCc1csc(C(C)(C)C)n1. The van der Waals surface area contributed by atoms with E-state index in [-0.39, 0.29) is 5.41 Å². The van der Waals surface area contributed by atoms with Gasteiger partial charge in [0.05, 0.1) is 23.9 Å². The Morgan fingerprint density at radius 3 is 2.70 bits per heavy atom. The summed E-state index contributed by atoms with van der Waals surface area (Å²) in [6, 6.07) is 0.480. The van der Waals surface area contributed by atoms with E-state index < -0.39 is 0 Å². The van der Waals surface area contributed by atoms with E-state index in [1.807, 2.05) is 0 Å². The van der Waals surface area contributed by atoms with Crippen molar-refractivity contribution in [1.82, 2.24) is 15.2 Å². The molecule has 1 N–H and O–H groups in total. The Kier molecular flexibility index (Phi) is 5.55. The van der Waals surface area contributed by atoms with Crippen LogP contribution in [-0.2, 0) is 16.7 Å². The molecule has 1 atom stereocenters. The van der Waals surface area contributed by atoms with Gasteiger partial charge in [-0.15, -0.1) is 11.3 Å². The summed E-state index contributed by atoms with van der Waals surface area (Å²) in [4.78, 5) is 7.18. The predicted molar refractivity (Wildman–Crippen MR) is 84.4 cm³/mol. The van der Waals surface area contributed by atoms with Crippen LogP contribution in [0.1, 0.15) is 38.4 Å². The van der Waals surface area contributed by atoms with Gasteiger partial charge in [0, 0.05) is 43.0 Å². The van der Waals surface area contributed by atoms with Crippen molar-refractivity contribution in [1.29, 1.82) is 0 Å². The van der Waals surface area contributed by atoms with Crippen LogP contribution in [0.4, 0.5) is 0 Å². The molecular weight excluding hydrogens is 270 g/mol. The van der Waals surface area contributed by atoms with E-state index in [1.165, 1.54) is 5.01 Å². The summed E-state index contributed by atoms with van der Waals surface area (Å²) < 4.78 is 5.37. The van der Waals surface area contributed by atoms with Crippen LogP contribution in [-0.4, -0.2) is 48.8 Å². The van der Waals surface area contributed by atoms with Crippen LogP contribution < -0.4 is 5.32 Å². The first-order valence-corrected chi connectivity index (χ1v) is 8.31. The quantitative estimate of drug-likeness (QED) is 0.904. The standard InChI is InChI=1S/C15H27N3OS/c1-12(10-18-5-7-19-8-6-18)16-9-13-11-20-14(17-13)15(2,3)4/h11-12,16H,5-10H2,1-4H3. The first kappa shape index (κ1) is 15.9. The molecule has 4 nitrogen and oxygen atoms in total. The summed E-state index contributed by atoms with van der Waals surface area (Å²) in [6.45, 7) is 14.7. The van der Waals surface area contributed by atoms with Crippen molar-refractivity contribution in [2.24, 2.45) is 0 Å². The van der Waals surface area contributed by atoms with E-state index in [9.17, 15) is 0 Å². The lowest BCUT2D eigenvalue weighted by Gasteiger charge is -2.29. The molecule has 0 radical (unpaired) electrons. The summed E-state index contributed by atoms with van der Waals surface area (Å²) in [5, 5.41) is 6.97. The fourth-order valence-electron chi connectivity index (χ4n) is 2.25. The highest BCUT2D eigenvalue weighted by Gasteiger charge is 2.18. The molecule has 1 aromatic heterocycles. The summed E-state index contributed by atoms with van der Waals surface area (Å²) in [7, 11) is 0. The lowest BCUT2D eigenvalue weighted by molar-refractivity contribution is 0.0343. The molecule has 2 heterocycles. The molecule has 114 valence electrons. The number of ether oxygens (including phenoxy) is 1. The number of thiazole rings is 1. The van der Waals surface area contributed by atoms with Crippen LogP contribution in [0.25, 0.3) is 0 Å². The van der Waals surface area contributed by atoms with Crippen molar-refractivity contribution >= 4 is 11.3 Å². The van der Waals surface area contributed by atoms with Crippen molar-refractivity contribution in [3.05, 3.63) is 16.1 Å². The maximum absolute atomic E-state index is 5.37. The van der Waals surface area contributed by atoms with Crippen LogP contribution in [0.5, 0.6) is 0 Å². The number of morpholine rings is 1. The summed E-state index contributed by atoms with van der Waals surface area (Å²) in [5.41, 5.74) is 1.32. The molecule has 0 amide bonds. The number of hydrogen-bond acceptors (Lipinski definition) is 5. The van der Waals surface area contributed by atoms with Crippen molar-refractivity contribution in [3.63, 3.8) is 0 Å². The molecule has 20 heavy (non-hydrogen) atoms. The maximum Gasteiger partial charge on any atom is 0.0982 e. The van der Waals surface area contributed by atoms with Gasteiger partial charge in [-0.25, -0.2) is 4.98 Å². The number of nitrogens with one attached hydrogen (secondary N) is 1. The minimum atomic E-state index is 0.155. The molecule has 0 saturated carbocycles. The minimum absolute atomic E-state index is 0.155. The lowest BCUT2D eigenvalue weighted by atomic mass is 9.98. The largest absolute Gasteiger partial charge is 0.379 e. The molecule has 0 bridgehead atoms. The van der Waals surface area contributed by atoms with Gasteiger partial charge in [0.15, 0.2) is 0 Å². The molecule has 1 saturated heterocycles. The third-order valence-electron chi connectivity index (χ3n) is 3.46. The molecule has 1 aromatic rings. The lowest BCUT2D eigenvalue weighted by Crippen LogP contribution is -2.44. The first-order valence-electron chi connectivity index (χ1n) is 7.43. The van der Waals surface area contributed by atoms with Crippen molar-refractivity contribution in [2.75, 3.05) is 32.8 Å². The molecule has 1 unspecified atom stereocenters. The Hall–Kier alpha value is -0.490. The fourth-order valence-corrected chi connectivity index (χ4v) is 3.15. The molecule has 0 aromatic carbocycles. The molecule has 5 heteroatoms. The average molecular weight is 297 g/mol. The molecule has 1 aliphatic rings. The van der Waals surface area contributed by atoms with Gasteiger partial charge < -0.3 is 10.1 Å². The van der Waals surface area contributed by atoms with Crippen LogP contribution in [0.3, 0.4) is 0 Å². The summed E-state index contributed by atoms with van der Waals surface area (Å²) in [6.07, 6.45) is 0. The Morgan fingerprint density at radius 1 is 1.40 bits per heavy atom. The Labute approximate surface area is 126 Å². The second kappa shape index (κ2) is 6.98. The number of aromatic nitrogens is 1. The highest BCUT2D eigenvalue weighted by atomic mass is 32.1. The Bertz CT molecular complexity index is 407. The monoisotopic (exact) mass is 297 g/mol. The molecule has 1 aliphatic heterocycles. The molecule has 0 aliphatic carbocycles. The third kappa shape index (κ3) is 4.81. The van der Waals surface area contributed by atoms with Gasteiger partial charge in [0.25, 0.3) is 0 Å². The van der Waals surface area contributed by atoms with Crippen molar-refractivity contribution < 1.29 is 4.74 Å². The van der Waals surface area contributed by atoms with E-state index in [0.29, 0.717) is 6.04 Å². The van der Waals surface area contributed by atoms with E-state index in [2.05, 4.69) is 43.3 Å². The summed E-state index contributed by atoms with van der Waals surface area (Å²) in [5.74, 6) is 0. The van der Waals surface area contributed by atoms with Gasteiger partial charge in [-0.2, -0.15) is 0 Å². The topological polar surface area (TPSA) is 37.4 Å². The van der Waals surface area contributed by atoms with E-state index >= 15 is 0 Å². The summed E-state index contributed by atoms with van der Waals surface area (Å²) >= 11 is 1.77. The van der Waals surface area contributed by atoms with Crippen LogP contribution in [0.2, 0.25) is 0 Å². The van der Waals surface area contributed by atoms with Crippen molar-refractivity contribution in [2.45, 2.75) is 45.7 Å². The highest BCUT2D eigenvalue weighted by molar-refractivity contribution is 7.09. The van der Waals surface area contributed by atoms with Crippen LogP contribution >= 0.6 is 11.3 Å². The number of hydrogen-bond donors (Lipinski definition) is 1. The zero-order valence-electron chi connectivity index (χ0n) is 13.1. The van der Waals surface area contributed by atoms with Gasteiger partial charge in [-0.3, -0.25) is 4.90 Å². The second-order valence-electron chi connectivity index (χ2n) is 6.59. The van der Waals surface area contributed by atoms with E-state index in [1.54, 1.807) is 11.3 Å². The number of rotatable bonds is 5. The van der Waals surface area contributed by atoms with Gasteiger partial charge in [-0.05, 0) is 6.92 Å². The van der Waals surface area contributed by atoms with Crippen LogP contribution in [0.15, 0.2) is 5.38 Å². The van der Waals surface area contributed by atoms with Crippen molar-refractivity contribution in [3.8, 4) is 0 Å². The molecule has 2 rings (SSSR count). The first-order chi connectivity index (χ1) is 9.45. The van der Waals surface area contributed by atoms with Gasteiger partial charge in [0.1, 0.15) is 0 Å². The number of nitrogens with zero attached hydrogens (tertiary/aromatic N) is 2. The highest BCUT2D eigenvalue weighted by Crippen LogP contribution is 2.25. The minimum Gasteiger partial charge on any atom is -0.379 e. The Balaban J connectivity index is 1.75. The van der Waals surface area contributed by atoms with Gasteiger partial charge in [0.2, 0.25) is 0 Å². The van der Waals surface area contributed by atoms with Crippen LogP contribution in [0, 0.1) is 0 Å². The van der Waals surface area contributed by atoms with E-state index in [4.69, 9.17) is 9.72 Å². The average Bonchev–Trinajstić information content (AvgIpc) is 2.86. The molecular formula is C15H27N3OS.